The number of Topliss-reactive ketones (excluding diaryl/α,β-unsaturated/α-hetero) is 1. The Hall–Kier alpha value is -2.15. The van der Waals surface area contributed by atoms with Crippen LogP contribution in [0, 0.1) is 0 Å². The number of aliphatic hydroxyl groups is 1. The average Bonchev–Trinajstić information content (AvgIpc) is 2.72. The molecule has 0 saturated heterocycles. The first-order chi connectivity index (χ1) is 10.8. The molecule has 1 unspecified atom stereocenters. The van der Waals surface area contributed by atoms with Crippen molar-refractivity contribution >= 4 is 33.5 Å². The summed E-state index contributed by atoms with van der Waals surface area (Å²) in [5.41, 5.74) is 0.804. The van der Waals surface area contributed by atoms with Gasteiger partial charge in [0.25, 0.3) is 5.91 Å². The van der Waals surface area contributed by atoms with Crippen molar-refractivity contribution in [2.45, 2.75) is 19.9 Å². The maximum Gasteiger partial charge on any atom is 0.290 e. The summed E-state index contributed by atoms with van der Waals surface area (Å²) in [6, 6.07) is 6.53. The van der Waals surface area contributed by atoms with Gasteiger partial charge < -0.3 is 15.3 Å². The number of rotatable bonds is 5. The fraction of sp³-hybridized carbons (Fsp3) is 0.312. The molecule has 0 aromatic heterocycles. The van der Waals surface area contributed by atoms with Crippen molar-refractivity contribution < 1.29 is 19.5 Å². The number of nitrogens with zero attached hydrogens (tertiary/aromatic N) is 1. The van der Waals surface area contributed by atoms with Gasteiger partial charge in [-0.2, -0.15) is 0 Å². The highest BCUT2D eigenvalue weighted by Gasteiger charge is 2.41. The molecule has 0 saturated carbocycles. The Kier molecular flexibility index (Phi) is 5.20. The highest BCUT2D eigenvalue weighted by atomic mass is 79.9. The van der Waals surface area contributed by atoms with Crippen LogP contribution in [-0.2, 0) is 14.4 Å². The van der Waals surface area contributed by atoms with Gasteiger partial charge in [0.05, 0.1) is 11.6 Å². The Balaban J connectivity index is 2.36. The van der Waals surface area contributed by atoms with Crippen LogP contribution in [0.4, 0.5) is 0 Å². The second kappa shape index (κ2) is 6.95. The fourth-order valence-corrected chi connectivity index (χ4v) is 2.85. The van der Waals surface area contributed by atoms with E-state index in [1.165, 1.54) is 18.7 Å². The minimum absolute atomic E-state index is 0.0835. The van der Waals surface area contributed by atoms with Crippen molar-refractivity contribution in [3.63, 3.8) is 0 Å². The zero-order chi connectivity index (χ0) is 17.1. The Morgan fingerprint density at radius 1 is 1.26 bits per heavy atom. The minimum Gasteiger partial charge on any atom is -0.503 e. The molecular weight excluding hydrogens is 364 g/mol. The highest BCUT2D eigenvalue weighted by Crippen LogP contribution is 2.37. The molecule has 2 rings (SSSR count). The second-order valence-electron chi connectivity index (χ2n) is 5.25. The first-order valence-electron chi connectivity index (χ1n) is 7.08. The lowest BCUT2D eigenvalue weighted by Gasteiger charge is -2.26. The van der Waals surface area contributed by atoms with Gasteiger partial charge in [-0.25, -0.2) is 0 Å². The van der Waals surface area contributed by atoms with Gasteiger partial charge in [-0.3, -0.25) is 14.4 Å². The fourth-order valence-electron chi connectivity index (χ4n) is 2.59. The molecule has 122 valence electrons. The smallest absolute Gasteiger partial charge is 0.290 e. The van der Waals surface area contributed by atoms with Crippen LogP contribution in [0.2, 0.25) is 0 Å². The number of carbonyl (C=O) groups excluding carboxylic acids is 3. The Morgan fingerprint density at radius 2 is 1.87 bits per heavy atom. The summed E-state index contributed by atoms with van der Waals surface area (Å²) in [4.78, 5) is 36.6. The number of halogens is 1. The van der Waals surface area contributed by atoms with Gasteiger partial charge in [-0.1, -0.05) is 28.1 Å². The van der Waals surface area contributed by atoms with Gasteiger partial charge in [0, 0.05) is 24.5 Å². The number of amides is 2. The average molecular weight is 381 g/mol. The number of nitrogens with one attached hydrogen (secondary N) is 1. The van der Waals surface area contributed by atoms with Crippen LogP contribution in [0.3, 0.4) is 0 Å². The maximum absolute atomic E-state index is 12.3. The molecule has 1 atom stereocenters. The van der Waals surface area contributed by atoms with Crippen LogP contribution in [0.25, 0.3) is 0 Å². The zero-order valence-corrected chi connectivity index (χ0v) is 14.4. The lowest BCUT2D eigenvalue weighted by Crippen LogP contribution is -2.37. The van der Waals surface area contributed by atoms with E-state index in [0.717, 1.165) is 10.0 Å². The molecule has 0 spiro atoms. The van der Waals surface area contributed by atoms with E-state index in [1.54, 1.807) is 24.3 Å². The monoisotopic (exact) mass is 380 g/mol. The van der Waals surface area contributed by atoms with Crippen molar-refractivity contribution in [2.75, 3.05) is 13.1 Å². The number of ketones is 1. The topological polar surface area (TPSA) is 86.7 Å². The normalized spacial score (nSPS) is 17.6. The molecular formula is C16H17BrN2O4. The molecule has 23 heavy (non-hydrogen) atoms. The van der Waals surface area contributed by atoms with E-state index in [0.29, 0.717) is 0 Å². The molecule has 2 amide bonds. The lowest BCUT2D eigenvalue weighted by atomic mass is 9.97. The molecule has 0 aliphatic carbocycles. The third-order valence-corrected chi connectivity index (χ3v) is 4.12. The molecule has 1 aliphatic heterocycles. The molecule has 0 radical (unpaired) electrons. The standard InChI is InChI=1S/C16H17BrN2O4/c1-9(20)13-14(11-3-5-12(17)6-4-11)19(16(23)15(13)22)8-7-18-10(2)21/h3-6,14,22H,7-8H2,1-2H3,(H,18,21). The van der Waals surface area contributed by atoms with E-state index < -0.39 is 17.7 Å². The van der Waals surface area contributed by atoms with Crippen molar-refractivity contribution in [3.8, 4) is 0 Å². The SMILES string of the molecule is CC(=O)NCCN1C(=O)C(O)=C(C(C)=O)C1c1ccc(Br)cc1. The Bertz CT molecular complexity index is 682. The van der Waals surface area contributed by atoms with Crippen molar-refractivity contribution in [3.05, 3.63) is 45.6 Å². The molecule has 6 nitrogen and oxygen atoms in total. The molecule has 1 aliphatic rings. The first-order valence-corrected chi connectivity index (χ1v) is 7.87. The summed E-state index contributed by atoms with van der Waals surface area (Å²) >= 11 is 3.34. The number of benzene rings is 1. The number of hydrogen-bond acceptors (Lipinski definition) is 4. The number of carbonyl (C=O) groups is 3. The van der Waals surface area contributed by atoms with E-state index in [1.807, 2.05) is 0 Å². The summed E-state index contributed by atoms with van der Waals surface area (Å²) < 4.78 is 0.868. The molecule has 0 fully saturated rings. The van der Waals surface area contributed by atoms with E-state index >= 15 is 0 Å². The lowest BCUT2D eigenvalue weighted by molar-refractivity contribution is -0.129. The van der Waals surface area contributed by atoms with E-state index in [2.05, 4.69) is 21.2 Å². The molecule has 1 aromatic carbocycles. The molecule has 1 heterocycles. The second-order valence-corrected chi connectivity index (χ2v) is 6.17. The predicted octanol–water partition coefficient (Wildman–Crippen LogP) is 1.87. The van der Waals surface area contributed by atoms with Crippen molar-refractivity contribution in [2.24, 2.45) is 0 Å². The molecule has 0 bridgehead atoms. The first kappa shape index (κ1) is 17.2. The van der Waals surface area contributed by atoms with Crippen molar-refractivity contribution in [1.82, 2.24) is 10.2 Å². The summed E-state index contributed by atoms with van der Waals surface area (Å²) in [5.74, 6) is -1.69. The highest BCUT2D eigenvalue weighted by molar-refractivity contribution is 9.10. The van der Waals surface area contributed by atoms with Gasteiger partial charge >= 0.3 is 0 Å². The van der Waals surface area contributed by atoms with Crippen LogP contribution < -0.4 is 5.32 Å². The minimum atomic E-state index is -0.651. The molecule has 2 N–H and O–H groups in total. The van der Waals surface area contributed by atoms with Gasteiger partial charge in [0.2, 0.25) is 5.91 Å². The number of hydrogen-bond donors (Lipinski definition) is 2. The Labute approximate surface area is 142 Å². The third-order valence-electron chi connectivity index (χ3n) is 3.60. The molecule has 7 heteroatoms. The van der Waals surface area contributed by atoms with Crippen LogP contribution in [0.15, 0.2) is 40.1 Å². The molecule has 1 aromatic rings. The van der Waals surface area contributed by atoms with E-state index in [-0.39, 0.29) is 30.4 Å². The van der Waals surface area contributed by atoms with Crippen LogP contribution >= 0.6 is 15.9 Å². The van der Waals surface area contributed by atoms with Gasteiger partial charge in [-0.05, 0) is 24.6 Å². The van der Waals surface area contributed by atoms with E-state index in [9.17, 15) is 19.5 Å². The van der Waals surface area contributed by atoms with E-state index in [4.69, 9.17) is 0 Å². The van der Waals surface area contributed by atoms with Gasteiger partial charge in [0.1, 0.15) is 0 Å². The van der Waals surface area contributed by atoms with Crippen LogP contribution in [0.1, 0.15) is 25.5 Å². The largest absolute Gasteiger partial charge is 0.503 e. The number of aliphatic hydroxyl groups excluding tert-OH is 1. The zero-order valence-electron chi connectivity index (χ0n) is 12.8. The quantitative estimate of drug-likeness (QED) is 0.816. The third kappa shape index (κ3) is 3.61. The maximum atomic E-state index is 12.3. The Morgan fingerprint density at radius 3 is 2.39 bits per heavy atom. The van der Waals surface area contributed by atoms with Crippen LogP contribution in [0.5, 0.6) is 0 Å². The van der Waals surface area contributed by atoms with Gasteiger partial charge in [0.15, 0.2) is 11.5 Å². The van der Waals surface area contributed by atoms with Gasteiger partial charge in [-0.15, -0.1) is 0 Å². The van der Waals surface area contributed by atoms with Crippen molar-refractivity contribution in [1.29, 1.82) is 0 Å². The summed E-state index contributed by atoms with van der Waals surface area (Å²) in [6.07, 6.45) is 0. The summed E-state index contributed by atoms with van der Waals surface area (Å²) in [6.45, 7) is 3.14. The summed E-state index contributed by atoms with van der Waals surface area (Å²) in [7, 11) is 0. The van der Waals surface area contributed by atoms with Crippen LogP contribution in [-0.4, -0.2) is 40.7 Å². The predicted molar refractivity (Wildman–Crippen MR) is 87.6 cm³/mol. The summed E-state index contributed by atoms with van der Waals surface area (Å²) in [5, 5.41) is 12.7.